The molecule has 0 radical (unpaired) electrons. The molecule has 0 atom stereocenters. The van der Waals surface area contributed by atoms with E-state index >= 15 is 0 Å². The van der Waals surface area contributed by atoms with Gasteiger partial charge in [-0.1, -0.05) is 39.0 Å². The van der Waals surface area contributed by atoms with E-state index in [0.29, 0.717) is 0 Å². The molecule has 92 valence electrons. The smallest absolute Gasteiger partial charge is 0.0954 e. The van der Waals surface area contributed by atoms with Gasteiger partial charge in [0.25, 0.3) is 0 Å². The van der Waals surface area contributed by atoms with Gasteiger partial charge in [0.05, 0.1) is 12.0 Å². The van der Waals surface area contributed by atoms with Crippen LogP contribution in [0, 0.1) is 6.92 Å². The summed E-state index contributed by atoms with van der Waals surface area (Å²) in [6.45, 7) is 8.91. The number of hydrogen-bond donors (Lipinski definition) is 0. The van der Waals surface area contributed by atoms with Crippen molar-refractivity contribution in [1.29, 1.82) is 0 Å². The lowest BCUT2D eigenvalue weighted by molar-refractivity contribution is 0.313. The normalized spacial score (nSPS) is 12.0. The summed E-state index contributed by atoms with van der Waals surface area (Å²) in [5, 5.41) is 0. The summed E-state index contributed by atoms with van der Waals surface area (Å²) in [7, 11) is 0. The number of unbranched alkanes of at least 4 members (excludes halogenated alkanes) is 4. The van der Waals surface area contributed by atoms with Crippen molar-refractivity contribution >= 4 is 0 Å². The Kier molecular flexibility index (Phi) is 5.04. The molecule has 16 heavy (non-hydrogen) atoms. The fraction of sp³-hybridized carbons (Fsp3) is 0.786. The minimum Gasteiger partial charge on any atom is -0.332 e. The molecule has 0 aromatic carbocycles. The SMILES string of the molecule is CCCCCCCC(C)(C)n1cnc(C)c1. The Labute approximate surface area is 100 Å². The summed E-state index contributed by atoms with van der Waals surface area (Å²) < 4.78 is 2.25. The summed E-state index contributed by atoms with van der Waals surface area (Å²) in [6, 6.07) is 0. The van der Waals surface area contributed by atoms with Crippen LogP contribution in [0.3, 0.4) is 0 Å². The topological polar surface area (TPSA) is 17.8 Å². The molecule has 1 aromatic heterocycles. The van der Waals surface area contributed by atoms with Gasteiger partial charge < -0.3 is 4.57 Å². The van der Waals surface area contributed by atoms with Crippen LogP contribution in [0.2, 0.25) is 0 Å². The molecule has 0 aliphatic carbocycles. The van der Waals surface area contributed by atoms with Gasteiger partial charge in [-0.2, -0.15) is 0 Å². The van der Waals surface area contributed by atoms with E-state index in [1.54, 1.807) is 0 Å². The molecular weight excluding hydrogens is 196 g/mol. The van der Waals surface area contributed by atoms with E-state index in [1.807, 2.05) is 13.3 Å². The Hall–Kier alpha value is -0.790. The molecule has 0 saturated carbocycles. The second kappa shape index (κ2) is 6.07. The number of aromatic nitrogens is 2. The largest absolute Gasteiger partial charge is 0.332 e. The second-order valence-corrected chi connectivity index (χ2v) is 5.40. The molecule has 2 heteroatoms. The first-order chi connectivity index (χ1) is 7.56. The van der Waals surface area contributed by atoms with Gasteiger partial charge in [0, 0.05) is 11.7 Å². The van der Waals surface area contributed by atoms with E-state index in [2.05, 4.69) is 36.5 Å². The van der Waals surface area contributed by atoms with Crippen LogP contribution in [0.1, 0.15) is 65.0 Å². The van der Waals surface area contributed by atoms with E-state index in [0.717, 1.165) is 5.69 Å². The third-order valence-electron chi connectivity index (χ3n) is 3.30. The van der Waals surface area contributed by atoms with Crippen molar-refractivity contribution in [3.63, 3.8) is 0 Å². The lowest BCUT2D eigenvalue weighted by Crippen LogP contribution is -2.24. The van der Waals surface area contributed by atoms with Crippen molar-refractivity contribution in [2.45, 2.75) is 71.8 Å². The van der Waals surface area contributed by atoms with Crippen molar-refractivity contribution in [2.24, 2.45) is 0 Å². The summed E-state index contributed by atoms with van der Waals surface area (Å²) in [4.78, 5) is 4.30. The van der Waals surface area contributed by atoms with Crippen LogP contribution >= 0.6 is 0 Å². The zero-order valence-electron chi connectivity index (χ0n) is 11.3. The summed E-state index contributed by atoms with van der Waals surface area (Å²) in [5.74, 6) is 0. The second-order valence-electron chi connectivity index (χ2n) is 5.40. The maximum Gasteiger partial charge on any atom is 0.0954 e. The molecule has 0 amide bonds. The highest BCUT2D eigenvalue weighted by atomic mass is 15.1. The highest BCUT2D eigenvalue weighted by Crippen LogP contribution is 2.23. The van der Waals surface area contributed by atoms with Gasteiger partial charge in [-0.05, 0) is 27.2 Å². The minimum atomic E-state index is 0.216. The average Bonchev–Trinajstić information content (AvgIpc) is 2.65. The number of rotatable bonds is 7. The van der Waals surface area contributed by atoms with Crippen molar-refractivity contribution in [2.75, 3.05) is 0 Å². The molecule has 2 nitrogen and oxygen atoms in total. The Morgan fingerprint density at radius 1 is 1.19 bits per heavy atom. The van der Waals surface area contributed by atoms with Crippen LogP contribution in [-0.2, 0) is 5.54 Å². The number of nitrogens with zero attached hydrogens (tertiary/aromatic N) is 2. The fourth-order valence-corrected chi connectivity index (χ4v) is 2.04. The van der Waals surface area contributed by atoms with Crippen LogP contribution in [0.25, 0.3) is 0 Å². The van der Waals surface area contributed by atoms with Crippen LogP contribution in [0.4, 0.5) is 0 Å². The van der Waals surface area contributed by atoms with Crippen molar-refractivity contribution < 1.29 is 0 Å². The molecule has 0 fully saturated rings. The van der Waals surface area contributed by atoms with E-state index in [-0.39, 0.29) is 5.54 Å². The third-order valence-corrected chi connectivity index (χ3v) is 3.30. The molecule has 1 aromatic rings. The zero-order valence-corrected chi connectivity index (χ0v) is 11.3. The molecule has 0 unspecified atom stereocenters. The van der Waals surface area contributed by atoms with E-state index in [4.69, 9.17) is 0 Å². The standard InChI is InChI=1S/C14H26N2/c1-5-6-7-8-9-10-14(3,4)16-11-13(2)15-12-16/h11-12H,5-10H2,1-4H3. The van der Waals surface area contributed by atoms with E-state index in [9.17, 15) is 0 Å². The summed E-state index contributed by atoms with van der Waals surface area (Å²) in [5.41, 5.74) is 1.33. The first-order valence-electron chi connectivity index (χ1n) is 6.57. The molecule has 0 saturated heterocycles. The number of imidazole rings is 1. The zero-order chi connectivity index (χ0) is 12.0. The summed E-state index contributed by atoms with van der Waals surface area (Å²) in [6.07, 6.45) is 12.1. The van der Waals surface area contributed by atoms with Crippen LogP contribution < -0.4 is 0 Å². The van der Waals surface area contributed by atoms with Crippen LogP contribution in [-0.4, -0.2) is 9.55 Å². The van der Waals surface area contributed by atoms with Crippen LogP contribution in [0.5, 0.6) is 0 Å². The Morgan fingerprint density at radius 3 is 2.44 bits per heavy atom. The van der Waals surface area contributed by atoms with Gasteiger partial charge in [-0.25, -0.2) is 4.98 Å². The molecule has 0 bridgehead atoms. The molecule has 0 spiro atoms. The number of hydrogen-bond acceptors (Lipinski definition) is 1. The third kappa shape index (κ3) is 3.99. The van der Waals surface area contributed by atoms with Gasteiger partial charge in [-0.3, -0.25) is 0 Å². The Morgan fingerprint density at radius 2 is 1.88 bits per heavy atom. The van der Waals surface area contributed by atoms with Gasteiger partial charge in [0.2, 0.25) is 0 Å². The van der Waals surface area contributed by atoms with E-state index in [1.165, 1.54) is 38.5 Å². The first-order valence-corrected chi connectivity index (χ1v) is 6.57. The predicted molar refractivity (Wildman–Crippen MR) is 69.7 cm³/mol. The lowest BCUT2D eigenvalue weighted by Gasteiger charge is -2.26. The average molecular weight is 222 g/mol. The van der Waals surface area contributed by atoms with Gasteiger partial charge in [0.15, 0.2) is 0 Å². The quantitative estimate of drug-likeness (QED) is 0.629. The lowest BCUT2D eigenvalue weighted by atomic mass is 9.96. The molecule has 0 N–H and O–H groups in total. The van der Waals surface area contributed by atoms with Crippen LogP contribution in [0.15, 0.2) is 12.5 Å². The van der Waals surface area contributed by atoms with Gasteiger partial charge in [0.1, 0.15) is 0 Å². The molecular formula is C14H26N2. The number of aryl methyl sites for hydroxylation is 1. The van der Waals surface area contributed by atoms with E-state index < -0.39 is 0 Å². The van der Waals surface area contributed by atoms with Crippen molar-refractivity contribution in [1.82, 2.24) is 9.55 Å². The van der Waals surface area contributed by atoms with Gasteiger partial charge in [-0.15, -0.1) is 0 Å². The maximum absolute atomic E-state index is 4.30. The highest BCUT2D eigenvalue weighted by molar-refractivity contribution is 4.96. The van der Waals surface area contributed by atoms with Crippen molar-refractivity contribution in [3.8, 4) is 0 Å². The Balaban J connectivity index is 2.34. The minimum absolute atomic E-state index is 0.216. The van der Waals surface area contributed by atoms with Crippen molar-refractivity contribution in [3.05, 3.63) is 18.2 Å². The van der Waals surface area contributed by atoms with Gasteiger partial charge >= 0.3 is 0 Å². The molecule has 0 aliphatic rings. The fourth-order valence-electron chi connectivity index (χ4n) is 2.04. The predicted octanol–water partition coefficient (Wildman–Crippen LogP) is 4.29. The first kappa shape index (κ1) is 13.3. The Bertz CT molecular complexity index is 299. The monoisotopic (exact) mass is 222 g/mol. The molecule has 1 heterocycles. The molecule has 0 aliphatic heterocycles. The highest BCUT2D eigenvalue weighted by Gasteiger charge is 2.18. The summed E-state index contributed by atoms with van der Waals surface area (Å²) >= 11 is 0. The molecule has 1 rings (SSSR count). The maximum atomic E-state index is 4.30.